The van der Waals surface area contributed by atoms with Gasteiger partial charge in [0.2, 0.25) is 0 Å². The number of halogens is 3. The van der Waals surface area contributed by atoms with Crippen molar-refractivity contribution in [3.8, 4) is 0 Å². The molecule has 0 atom stereocenters. The molecule has 0 unspecified atom stereocenters. The number of ether oxygens (including phenoxy) is 1. The molecule has 1 aromatic carbocycles. The van der Waals surface area contributed by atoms with Crippen LogP contribution in [0.15, 0.2) is 40.9 Å². The number of hydrogen-bond donors (Lipinski definition) is 1. The van der Waals surface area contributed by atoms with Crippen LogP contribution in [0.2, 0.25) is 0 Å². The zero-order chi connectivity index (χ0) is 20.5. The number of rotatable bonds is 4. The number of hydrogen-bond acceptors (Lipinski definition) is 5. The van der Waals surface area contributed by atoms with Gasteiger partial charge in [0.15, 0.2) is 5.69 Å². The Hall–Kier alpha value is -3.36. The summed E-state index contributed by atoms with van der Waals surface area (Å²) in [5.41, 5.74) is -1.11. The van der Waals surface area contributed by atoms with Crippen LogP contribution in [0.4, 0.5) is 18.9 Å². The number of aryl methyl sites for hydroxylation is 1. The number of carbonyl (C=O) groups is 2. The highest BCUT2D eigenvalue weighted by Crippen LogP contribution is 2.32. The molecule has 9 heteroatoms. The Bertz CT molecular complexity index is 1060. The maximum atomic E-state index is 13.1. The van der Waals surface area contributed by atoms with Gasteiger partial charge in [-0.1, -0.05) is 0 Å². The van der Waals surface area contributed by atoms with E-state index in [9.17, 15) is 22.8 Å². The minimum absolute atomic E-state index is 0.169. The van der Waals surface area contributed by atoms with E-state index in [1.165, 1.54) is 24.3 Å². The van der Waals surface area contributed by atoms with E-state index in [2.05, 4.69) is 10.3 Å². The summed E-state index contributed by atoms with van der Waals surface area (Å²) >= 11 is 0. The van der Waals surface area contributed by atoms with E-state index in [-0.39, 0.29) is 17.9 Å². The number of nitrogens with zero attached hydrogens (tertiary/aromatic N) is 1. The minimum atomic E-state index is -4.77. The van der Waals surface area contributed by atoms with Gasteiger partial charge in [0.25, 0.3) is 5.91 Å². The Morgan fingerprint density at radius 2 is 2.00 bits per heavy atom. The van der Waals surface area contributed by atoms with Crippen LogP contribution in [0.5, 0.6) is 0 Å². The fourth-order valence-electron chi connectivity index (χ4n) is 2.77. The van der Waals surface area contributed by atoms with Crippen LogP contribution in [0.3, 0.4) is 0 Å². The molecule has 0 radical (unpaired) electrons. The Labute approximate surface area is 157 Å². The predicted octanol–water partition coefficient (Wildman–Crippen LogP) is 4.58. The maximum absolute atomic E-state index is 13.1. The number of furan rings is 1. The number of aromatic nitrogens is 1. The summed E-state index contributed by atoms with van der Waals surface area (Å²) in [7, 11) is 0. The number of nitrogens with one attached hydrogen (secondary N) is 1. The van der Waals surface area contributed by atoms with Crippen LogP contribution >= 0.6 is 0 Å². The lowest BCUT2D eigenvalue weighted by molar-refractivity contribution is -0.141. The average molecular weight is 392 g/mol. The number of fused-ring (bicyclic) bond motifs is 1. The predicted molar refractivity (Wildman–Crippen MR) is 94.1 cm³/mol. The first-order valence-electron chi connectivity index (χ1n) is 8.26. The SMILES string of the molecule is CCOC(=O)c1c(C)oc2ccc(NC(=O)c3cccnc3C(F)(F)F)cc12. The summed E-state index contributed by atoms with van der Waals surface area (Å²) in [5.74, 6) is -1.23. The molecule has 2 aromatic heterocycles. The second-order valence-corrected chi connectivity index (χ2v) is 5.82. The molecule has 0 saturated heterocycles. The van der Waals surface area contributed by atoms with Crippen LogP contribution < -0.4 is 5.32 Å². The summed E-state index contributed by atoms with van der Waals surface area (Å²) in [5, 5.41) is 2.78. The van der Waals surface area contributed by atoms with E-state index >= 15 is 0 Å². The number of pyridine rings is 1. The van der Waals surface area contributed by atoms with Gasteiger partial charge in [0.1, 0.15) is 16.9 Å². The average Bonchev–Trinajstić information content (AvgIpc) is 2.96. The third-order valence-electron chi connectivity index (χ3n) is 3.92. The highest BCUT2D eigenvalue weighted by molar-refractivity contribution is 6.08. The van der Waals surface area contributed by atoms with Gasteiger partial charge >= 0.3 is 12.1 Å². The standard InChI is InChI=1S/C19H15F3N2O4/c1-3-27-18(26)15-10(2)28-14-7-6-11(9-13(14)15)24-17(25)12-5-4-8-23-16(12)19(20,21)22/h4-9H,3H2,1-2H3,(H,24,25). The van der Waals surface area contributed by atoms with Crippen molar-refractivity contribution in [2.24, 2.45) is 0 Å². The molecule has 0 saturated carbocycles. The number of esters is 1. The van der Waals surface area contributed by atoms with E-state index in [4.69, 9.17) is 9.15 Å². The van der Waals surface area contributed by atoms with E-state index in [1.807, 2.05) is 0 Å². The molecule has 1 N–H and O–H groups in total. The van der Waals surface area contributed by atoms with Gasteiger partial charge in [0, 0.05) is 17.3 Å². The lowest BCUT2D eigenvalue weighted by atomic mass is 10.1. The Morgan fingerprint density at radius 1 is 1.25 bits per heavy atom. The van der Waals surface area contributed by atoms with Crippen molar-refractivity contribution < 1.29 is 31.9 Å². The topological polar surface area (TPSA) is 81.4 Å². The monoisotopic (exact) mass is 392 g/mol. The third kappa shape index (κ3) is 3.68. The number of benzene rings is 1. The molecule has 2 heterocycles. The van der Waals surface area contributed by atoms with Crippen molar-refractivity contribution in [2.45, 2.75) is 20.0 Å². The quantitative estimate of drug-likeness (QED) is 0.657. The molecule has 0 bridgehead atoms. The van der Waals surface area contributed by atoms with E-state index in [0.29, 0.717) is 16.7 Å². The Kier molecular flexibility index (Phi) is 5.08. The summed E-state index contributed by atoms with van der Waals surface area (Å²) in [4.78, 5) is 27.8. The molecular formula is C19H15F3N2O4. The maximum Gasteiger partial charge on any atom is 0.434 e. The highest BCUT2D eigenvalue weighted by Gasteiger charge is 2.37. The zero-order valence-electron chi connectivity index (χ0n) is 14.9. The van der Waals surface area contributed by atoms with Gasteiger partial charge in [-0.3, -0.25) is 9.78 Å². The molecule has 3 rings (SSSR count). The van der Waals surface area contributed by atoms with Crippen molar-refractivity contribution in [3.05, 3.63) is 59.1 Å². The second-order valence-electron chi connectivity index (χ2n) is 5.82. The molecule has 0 aliphatic carbocycles. The second kappa shape index (κ2) is 7.34. The Balaban J connectivity index is 1.97. The molecule has 3 aromatic rings. The number of amides is 1. The third-order valence-corrected chi connectivity index (χ3v) is 3.92. The highest BCUT2D eigenvalue weighted by atomic mass is 19.4. The van der Waals surface area contributed by atoms with Gasteiger partial charge in [-0.05, 0) is 44.2 Å². The number of alkyl halides is 3. The van der Waals surface area contributed by atoms with Gasteiger partial charge in [-0.15, -0.1) is 0 Å². The fraction of sp³-hybridized carbons (Fsp3) is 0.211. The summed E-state index contributed by atoms with van der Waals surface area (Å²) in [6.45, 7) is 3.42. The molecule has 6 nitrogen and oxygen atoms in total. The Morgan fingerprint density at radius 3 is 2.68 bits per heavy atom. The van der Waals surface area contributed by atoms with Crippen molar-refractivity contribution in [3.63, 3.8) is 0 Å². The number of anilines is 1. The zero-order valence-corrected chi connectivity index (χ0v) is 14.9. The van der Waals surface area contributed by atoms with Crippen molar-refractivity contribution in [1.82, 2.24) is 4.98 Å². The first-order chi connectivity index (χ1) is 13.2. The van der Waals surface area contributed by atoms with Gasteiger partial charge in [0.05, 0.1) is 12.2 Å². The molecule has 28 heavy (non-hydrogen) atoms. The summed E-state index contributed by atoms with van der Waals surface area (Å²) < 4.78 is 49.7. The van der Waals surface area contributed by atoms with E-state index < -0.39 is 29.3 Å². The smallest absolute Gasteiger partial charge is 0.434 e. The summed E-state index contributed by atoms with van der Waals surface area (Å²) in [6, 6.07) is 6.69. The van der Waals surface area contributed by atoms with Crippen LogP contribution in [0.1, 0.15) is 39.1 Å². The van der Waals surface area contributed by atoms with Crippen LogP contribution in [-0.4, -0.2) is 23.5 Å². The van der Waals surface area contributed by atoms with E-state index in [1.54, 1.807) is 13.8 Å². The van der Waals surface area contributed by atoms with Crippen molar-refractivity contribution >= 4 is 28.5 Å². The molecular weight excluding hydrogens is 377 g/mol. The first kappa shape index (κ1) is 19.4. The van der Waals surface area contributed by atoms with Crippen molar-refractivity contribution in [1.29, 1.82) is 0 Å². The molecule has 0 spiro atoms. The van der Waals surface area contributed by atoms with Gasteiger partial charge in [-0.2, -0.15) is 13.2 Å². The van der Waals surface area contributed by atoms with Crippen LogP contribution in [0.25, 0.3) is 11.0 Å². The molecule has 146 valence electrons. The molecule has 0 fully saturated rings. The normalized spacial score (nSPS) is 11.5. The van der Waals surface area contributed by atoms with Gasteiger partial charge < -0.3 is 14.5 Å². The number of carbonyl (C=O) groups excluding carboxylic acids is 2. The largest absolute Gasteiger partial charge is 0.462 e. The fourth-order valence-corrected chi connectivity index (χ4v) is 2.77. The van der Waals surface area contributed by atoms with Crippen LogP contribution in [-0.2, 0) is 10.9 Å². The lowest BCUT2D eigenvalue weighted by Gasteiger charge is -2.11. The van der Waals surface area contributed by atoms with Crippen molar-refractivity contribution in [2.75, 3.05) is 11.9 Å². The minimum Gasteiger partial charge on any atom is -0.462 e. The summed E-state index contributed by atoms with van der Waals surface area (Å²) in [6.07, 6.45) is -3.80. The first-order valence-corrected chi connectivity index (χ1v) is 8.26. The van der Waals surface area contributed by atoms with Gasteiger partial charge in [-0.25, -0.2) is 4.79 Å². The molecule has 0 aliphatic rings. The molecule has 0 aliphatic heterocycles. The lowest BCUT2D eigenvalue weighted by Crippen LogP contribution is -2.20. The van der Waals surface area contributed by atoms with E-state index in [0.717, 1.165) is 12.3 Å². The van der Waals surface area contributed by atoms with Crippen LogP contribution in [0, 0.1) is 6.92 Å². The molecule has 1 amide bonds.